The van der Waals surface area contributed by atoms with Crippen LogP contribution < -0.4 is 21.3 Å². The minimum absolute atomic E-state index is 0.0269. The van der Waals surface area contributed by atoms with Gasteiger partial charge < -0.3 is 10.1 Å². The first-order valence-electron chi connectivity index (χ1n) is 8.80. The number of aromatic nitrogens is 4. The van der Waals surface area contributed by atoms with Crippen molar-refractivity contribution in [1.29, 1.82) is 0 Å². The van der Waals surface area contributed by atoms with Crippen molar-refractivity contribution in [3.05, 3.63) is 86.7 Å². The maximum atomic E-state index is 13.3. The van der Waals surface area contributed by atoms with E-state index < -0.39 is 22.9 Å². The molecule has 4 aromatic rings. The highest BCUT2D eigenvalue weighted by Crippen LogP contribution is 2.19. The highest BCUT2D eigenvalue weighted by Gasteiger charge is 2.14. The number of benzene rings is 2. The average molecular weight is 411 g/mol. The van der Waals surface area contributed by atoms with Crippen molar-refractivity contribution < 1.29 is 13.5 Å². The van der Waals surface area contributed by atoms with Crippen molar-refractivity contribution in [3.63, 3.8) is 0 Å². The number of para-hydroxylation sites is 2. The number of H-pyrrole nitrogens is 1. The van der Waals surface area contributed by atoms with Crippen molar-refractivity contribution in [2.75, 3.05) is 12.4 Å². The molecule has 0 saturated heterocycles. The van der Waals surface area contributed by atoms with Crippen molar-refractivity contribution in [1.82, 2.24) is 19.5 Å². The number of rotatable bonds is 5. The molecule has 0 amide bonds. The molecule has 2 N–H and O–H groups in total. The topological polar surface area (TPSA) is 102 Å². The van der Waals surface area contributed by atoms with Crippen LogP contribution in [0.1, 0.15) is 5.56 Å². The lowest BCUT2D eigenvalue weighted by atomic mass is 10.2. The molecule has 0 aliphatic heterocycles. The van der Waals surface area contributed by atoms with E-state index >= 15 is 0 Å². The van der Waals surface area contributed by atoms with Crippen molar-refractivity contribution in [2.45, 2.75) is 6.54 Å². The van der Waals surface area contributed by atoms with Gasteiger partial charge in [0.1, 0.15) is 22.8 Å². The minimum Gasteiger partial charge on any atom is -0.495 e. The molecule has 4 rings (SSSR count). The lowest BCUT2D eigenvalue weighted by Gasteiger charge is -2.11. The molecule has 0 spiro atoms. The molecule has 0 unspecified atom stereocenters. The van der Waals surface area contributed by atoms with E-state index in [1.807, 2.05) is 0 Å². The second kappa shape index (κ2) is 7.74. The van der Waals surface area contributed by atoms with E-state index in [1.54, 1.807) is 24.3 Å². The van der Waals surface area contributed by atoms with Gasteiger partial charge in [-0.1, -0.05) is 12.1 Å². The van der Waals surface area contributed by atoms with Gasteiger partial charge >= 0.3 is 5.69 Å². The molecule has 0 saturated carbocycles. The van der Waals surface area contributed by atoms with Crippen LogP contribution in [0.4, 0.5) is 14.7 Å². The lowest BCUT2D eigenvalue weighted by Crippen LogP contribution is -2.34. The number of nitrogens with zero attached hydrogens (tertiary/aromatic N) is 3. The predicted octanol–water partition coefficient (Wildman–Crippen LogP) is 2.37. The predicted molar refractivity (Wildman–Crippen MR) is 106 cm³/mol. The number of nitrogens with one attached hydrogen (secondary N) is 2. The Bertz CT molecular complexity index is 1350. The number of halogens is 2. The Morgan fingerprint density at radius 3 is 2.60 bits per heavy atom. The molecular weight excluding hydrogens is 396 g/mol. The van der Waals surface area contributed by atoms with Crippen LogP contribution in [0, 0.1) is 11.6 Å². The van der Waals surface area contributed by atoms with Gasteiger partial charge in [-0.15, -0.1) is 0 Å². The zero-order valence-corrected chi connectivity index (χ0v) is 15.6. The highest BCUT2D eigenvalue weighted by atomic mass is 19.1. The van der Waals surface area contributed by atoms with Crippen molar-refractivity contribution in [3.8, 4) is 11.4 Å². The Morgan fingerprint density at radius 1 is 1.13 bits per heavy atom. The summed E-state index contributed by atoms with van der Waals surface area (Å²) >= 11 is 0. The monoisotopic (exact) mass is 411 g/mol. The third-order valence-electron chi connectivity index (χ3n) is 4.35. The van der Waals surface area contributed by atoms with Gasteiger partial charge in [-0.25, -0.2) is 23.1 Å². The number of hydrogen-bond acceptors (Lipinski definition) is 6. The Labute approximate surface area is 167 Å². The normalized spacial score (nSPS) is 10.9. The molecule has 0 aliphatic carbocycles. The molecule has 0 atom stereocenters. The van der Waals surface area contributed by atoms with E-state index in [9.17, 15) is 18.4 Å². The van der Waals surface area contributed by atoms with E-state index in [-0.39, 0.29) is 29.2 Å². The number of fused-ring (bicyclic) bond motifs is 1. The first kappa shape index (κ1) is 19.2. The molecule has 10 heteroatoms. The van der Waals surface area contributed by atoms with Gasteiger partial charge in [0.25, 0.3) is 5.56 Å². The fourth-order valence-corrected chi connectivity index (χ4v) is 3.02. The quantitative estimate of drug-likeness (QED) is 0.523. The summed E-state index contributed by atoms with van der Waals surface area (Å²) in [4.78, 5) is 36.2. The zero-order valence-electron chi connectivity index (χ0n) is 15.6. The van der Waals surface area contributed by atoms with Crippen LogP contribution in [0.5, 0.6) is 5.75 Å². The fraction of sp³-hybridized carbons (Fsp3) is 0.100. The molecule has 2 heterocycles. The summed E-state index contributed by atoms with van der Waals surface area (Å²) in [5, 5.41) is 2.89. The average Bonchev–Trinajstić information content (AvgIpc) is 2.71. The Kier molecular flexibility index (Phi) is 4.97. The smallest absolute Gasteiger partial charge is 0.334 e. The lowest BCUT2D eigenvalue weighted by molar-refractivity contribution is 0.412. The molecule has 0 fully saturated rings. The number of methoxy groups -OCH3 is 1. The molecule has 8 nitrogen and oxygen atoms in total. The number of anilines is 1. The molecule has 0 aliphatic rings. The Hall–Kier alpha value is -4.08. The Morgan fingerprint density at radius 2 is 1.87 bits per heavy atom. The summed E-state index contributed by atoms with van der Waals surface area (Å²) in [6, 6.07) is 9.71. The first-order valence-corrected chi connectivity index (χ1v) is 8.80. The molecule has 30 heavy (non-hydrogen) atoms. The summed E-state index contributed by atoms with van der Waals surface area (Å²) in [6.07, 6.45) is 1.26. The third kappa shape index (κ3) is 3.62. The molecule has 2 aromatic heterocycles. The summed E-state index contributed by atoms with van der Waals surface area (Å²) in [6.45, 7) is 0.0443. The van der Waals surface area contributed by atoms with E-state index in [1.165, 1.54) is 25.4 Å². The minimum atomic E-state index is -0.701. The van der Waals surface area contributed by atoms with Gasteiger partial charge in [-0.2, -0.15) is 4.98 Å². The number of aromatic amines is 1. The summed E-state index contributed by atoms with van der Waals surface area (Å²) in [5.74, 6) is -0.969. The SMILES string of the molecule is COc1ccccc1-n1c(=O)[nH]c2nc(NCc3cc(F)cc(F)c3)ncc2c1=O. The number of hydrogen-bond donors (Lipinski definition) is 2. The van der Waals surface area contributed by atoms with E-state index in [0.29, 0.717) is 11.3 Å². The van der Waals surface area contributed by atoms with E-state index in [2.05, 4.69) is 20.3 Å². The van der Waals surface area contributed by atoms with Crippen LogP contribution >= 0.6 is 0 Å². The molecule has 0 bridgehead atoms. The second-order valence-corrected chi connectivity index (χ2v) is 6.33. The molecule has 2 aromatic carbocycles. The first-order chi connectivity index (χ1) is 14.5. The standard InChI is InChI=1S/C20H15F2N5O3/c1-30-16-5-3-2-4-15(16)27-18(28)14-10-24-19(25-17(14)26-20(27)29)23-9-11-6-12(21)8-13(22)7-11/h2-8,10H,9H2,1H3,(H2,23,24,25,26,29). The second-order valence-electron chi connectivity index (χ2n) is 6.33. The molecule has 152 valence electrons. The third-order valence-corrected chi connectivity index (χ3v) is 4.35. The van der Waals surface area contributed by atoms with Crippen LogP contribution in [-0.2, 0) is 6.54 Å². The van der Waals surface area contributed by atoms with Gasteiger partial charge in [0.2, 0.25) is 5.95 Å². The van der Waals surface area contributed by atoms with Gasteiger partial charge in [0.05, 0.1) is 12.8 Å². The van der Waals surface area contributed by atoms with Crippen LogP contribution in [0.25, 0.3) is 16.7 Å². The van der Waals surface area contributed by atoms with E-state index in [4.69, 9.17) is 4.74 Å². The van der Waals surface area contributed by atoms with Gasteiger partial charge in [-0.05, 0) is 29.8 Å². The summed E-state index contributed by atoms with van der Waals surface area (Å²) in [5.41, 5.74) is -0.662. The molecular formula is C20H15F2N5O3. The van der Waals surface area contributed by atoms with Gasteiger partial charge in [0, 0.05) is 18.8 Å². The van der Waals surface area contributed by atoms with Gasteiger partial charge in [-0.3, -0.25) is 9.78 Å². The van der Waals surface area contributed by atoms with Gasteiger partial charge in [0.15, 0.2) is 5.65 Å². The van der Waals surface area contributed by atoms with Crippen molar-refractivity contribution in [2.24, 2.45) is 0 Å². The van der Waals surface area contributed by atoms with Crippen LogP contribution in [0.3, 0.4) is 0 Å². The maximum Gasteiger partial charge on any atom is 0.334 e. The summed E-state index contributed by atoms with van der Waals surface area (Å²) < 4.78 is 32.8. The fourth-order valence-electron chi connectivity index (χ4n) is 3.02. The van der Waals surface area contributed by atoms with Crippen LogP contribution in [0.2, 0.25) is 0 Å². The Balaban J connectivity index is 1.71. The summed E-state index contributed by atoms with van der Waals surface area (Å²) in [7, 11) is 1.44. The largest absolute Gasteiger partial charge is 0.495 e. The number of ether oxygens (including phenoxy) is 1. The van der Waals surface area contributed by atoms with Crippen LogP contribution in [-0.4, -0.2) is 26.6 Å². The zero-order chi connectivity index (χ0) is 21.3. The molecule has 0 radical (unpaired) electrons. The maximum absolute atomic E-state index is 13.3. The van der Waals surface area contributed by atoms with Crippen molar-refractivity contribution >= 4 is 17.0 Å². The highest BCUT2D eigenvalue weighted by molar-refractivity contribution is 5.73. The van der Waals surface area contributed by atoms with E-state index in [0.717, 1.165) is 10.6 Å². The van der Waals surface area contributed by atoms with Crippen LogP contribution in [0.15, 0.2) is 58.3 Å².